The number of rotatable bonds is 1. The molecule has 0 aliphatic carbocycles. The Kier molecular flexibility index (Phi) is 3.96. The van der Waals surface area contributed by atoms with Gasteiger partial charge in [-0.05, 0) is 12.1 Å². The first-order valence-corrected chi connectivity index (χ1v) is 4.19. The lowest BCUT2D eigenvalue weighted by Gasteiger charge is -2.13. The summed E-state index contributed by atoms with van der Waals surface area (Å²) >= 11 is 0. The zero-order chi connectivity index (χ0) is 8.23. The molecule has 0 bridgehead atoms. The van der Waals surface area contributed by atoms with E-state index in [-0.39, 0.29) is 17.0 Å². The summed E-state index contributed by atoms with van der Waals surface area (Å²) in [6.45, 7) is 1.69. The lowest BCUT2D eigenvalue weighted by molar-refractivity contribution is 0.284. The highest BCUT2D eigenvalue weighted by molar-refractivity contribution is 8.93. The number of halogens is 1. The maximum atomic E-state index is 5.41. The Morgan fingerprint density at radius 2 is 1.92 bits per heavy atom. The molecule has 0 spiro atoms. The highest BCUT2D eigenvalue weighted by atomic mass is 79.9. The van der Waals surface area contributed by atoms with Crippen LogP contribution in [-0.4, -0.2) is 19.0 Å². The first-order chi connectivity index (χ1) is 5.97. The summed E-state index contributed by atoms with van der Waals surface area (Å²) in [5.74, 6) is 0.793. The van der Waals surface area contributed by atoms with Crippen LogP contribution in [0.1, 0.15) is 12.0 Å². The predicted molar refractivity (Wildman–Crippen MR) is 58.7 cm³/mol. The molecule has 1 aromatic carbocycles. The van der Waals surface area contributed by atoms with Crippen molar-refractivity contribution in [2.45, 2.75) is 6.42 Å². The molecule has 1 aromatic rings. The second-order valence-electron chi connectivity index (χ2n) is 2.75. The van der Waals surface area contributed by atoms with Gasteiger partial charge in [0.05, 0.1) is 6.61 Å². The molecule has 0 atom stereocenters. The number of aliphatic imine (C=N–C) groups is 1. The molecule has 70 valence electrons. The van der Waals surface area contributed by atoms with Crippen molar-refractivity contribution < 1.29 is 4.74 Å². The molecule has 1 aliphatic rings. The van der Waals surface area contributed by atoms with E-state index in [9.17, 15) is 0 Å². The monoisotopic (exact) mass is 241 g/mol. The number of nitrogens with zero attached hydrogens (tertiary/aromatic N) is 1. The van der Waals surface area contributed by atoms with Crippen molar-refractivity contribution >= 4 is 22.9 Å². The molecule has 0 radical (unpaired) electrons. The molecule has 0 saturated heterocycles. The fourth-order valence-electron chi connectivity index (χ4n) is 1.21. The molecule has 13 heavy (non-hydrogen) atoms. The molecule has 2 rings (SSSR count). The van der Waals surface area contributed by atoms with Crippen LogP contribution in [-0.2, 0) is 4.74 Å². The van der Waals surface area contributed by atoms with Crippen molar-refractivity contribution in [3.63, 3.8) is 0 Å². The topological polar surface area (TPSA) is 21.6 Å². The number of benzene rings is 1. The normalized spacial score (nSPS) is 15.2. The van der Waals surface area contributed by atoms with E-state index in [4.69, 9.17) is 4.74 Å². The summed E-state index contributed by atoms with van der Waals surface area (Å²) in [5, 5.41) is 0. The largest absolute Gasteiger partial charge is 0.477 e. The Bertz CT molecular complexity index is 284. The van der Waals surface area contributed by atoms with E-state index in [0.29, 0.717) is 0 Å². The minimum Gasteiger partial charge on any atom is -0.477 e. The molecule has 0 saturated carbocycles. The third-order valence-electron chi connectivity index (χ3n) is 1.82. The Balaban J connectivity index is 0.000000845. The fourth-order valence-corrected chi connectivity index (χ4v) is 1.21. The first-order valence-electron chi connectivity index (χ1n) is 4.19. The molecule has 0 amide bonds. The van der Waals surface area contributed by atoms with Gasteiger partial charge in [-0.1, -0.05) is 18.2 Å². The maximum absolute atomic E-state index is 5.41. The molecule has 1 aliphatic heterocycles. The first kappa shape index (κ1) is 10.3. The average Bonchev–Trinajstić information content (AvgIpc) is 2.21. The standard InChI is InChI=1S/C10H11NO.BrH/c1-2-5-9(6-3-1)10-11-7-4-8-12-10;/h1-3,5-6H,4,7-8H2;1H. The van der Waals surface area contributed by atoms with Crippen molar-refractivity contribution in [2.24, 2.45) is 4.99 Å². The van der Waals surface area contributed by atoms with E-state index in [1.165, 1.54) is 0 Å². The van der Waals surface area contributed by atoms with Crippen molar-refractivity contribution in [2.75, 3.05) is 13.2 Å². The van der Waals surface area contributed by atoms with Crippen LogP contribution in [0.15, 0.2) is 35.3 Å². The second kappa shape index (κ2) is 5.02. The Morgan fingerprint density at radius 1 is 1.15 bits per heavy atom. The van der Waals surface area contributed by atoms with Gasteiger partial charge in [0.25, 0.3) is 0 Å². The quantitative estimate of drug-likeness (QED) is 0.741. The van der Waals surface area contributed by atoms with Gasteiger partial charge in [-0.15, -0.1) is 17.0 Å². The van der Waals surface area contributed by atoms with E-state index in [2.05, 4.69) is 4.99 Å². The lowest BCUT2D eigenvalue weighted by Crippen LogP contribution is -2.14. The van der Waals surface area contributed by atoms with Crippen LogP contribution in [0.2, 0.25) is 0 Å². The molecule has 0 aromatic heterocycles. The van der Waals surface area contributed by atoms with E-state index in [0.717, 1.165) is 31.0 Å². The summed E-state index contributed by atoms with van der Waals surface area (Å²) in [5.41, 5.74) is 1.08. The number of hydrogen-bond donors (Lipinski definition) is 0. The van der Waals surface area contributed by atoms with Gasteiger partial charge in [0.1, 0.15) is 0 Å². The predicted octanol–water partition coefficient (Wildman–Crippen LogP) is 2.43. The third kappa shape index (κ3) is 2.56. The van der Waals surface area contributed by atoms with Gasteiger partial charge in [0.15, 0.2) is 0 Å². The number of ether oxygens (including phenoxy) is 1. The minimum absolute atomic E-state index is 0. The molecule has 0 unspecified atom stereocenters. The second-order valence-corrected chi connectivity index (χ2v) is 2.75. The molecular weight excluding hydrogens is 230 g/mol. The van der Waals surface area contributed by atoms with Gasteiger partial charge in [0.2, 0.25) is 5.90 Å². The summed E-state index contributed by atoms with van der Waals surface area (Å²) in [6.07, 6.45) is 1.04. The van der Waals surface area contributed by atoms with Crippen molar-refractivity contribution in [1.82, 2.24) is 0 Å². The van der Waals surface area contributed by atoms with Gasteiger partial charge in [-0.2, -0.15) is 0 Å². The molecule has 3 heteroatoms. The van der Waals surface area contributed by atoms with Crippen molar-refractivity contribution in [1.29, 1.82) is 0 Å². The fraction of sp³-hybridized carbons (Fsp3) is 0.300. The van der Waals surface area contributed by atoms with Gasteiger partial charge in [-0.25, -0.2) is 0 Å². The summed E-state index contributed by atoms with van der Waals surface area (Å²) in [6, 6.07) is 10.0. The van der Waals surface area contributed by atoms with Crippen LogP contribution in [0.4, 0.5) is 0 Å². The third-order valence-corrected chi connectivity index (χ3v) is 1.82. The van der Waals surface area contributed by atoms with Crippen LogP contribution < -0.4 is 0 Å². The van der Waals surface area contributed by atoms with Crippen molar-refractivity contribution in [3.05, 3.63) is 35.9 Å². The van der Waals surface area contributed by atoms with Gasteiger partial charge >= 0.3 is 0 Å². The zero-order valence-electron chi connectivity index (χ0n) is 7.27. The van der Waals surface area contributed by atoms with Crippen molar-refractivity contribution in [3.8, 4) is 0 Å². The van der Waals surface area contributed by atoms with E-state index >= 15 is 0 Å². The van der Waals surface area contributed by atoms with Crippen LogP contribution in [0.25, 0.3) is 0 Å². The van der Waals surface area contributed by atoms with Crippen LogP contribution >= 0.6 is 17.0 Å². The van der Waals surface area contributed by atoms with E-state index in [1.54, 1.807) is 0 Å². The Labute approximate surface area is 88.4 Å². The van der Waals surface area contributed by atoms with Crippen LogP contribution in [0, 0.1) is 0 Å². The lowest BCUT2D eigenvalue weighted by atomic mass is 10.2. The number of hydrogen-bond acceptors (Lipinski definition) is 2. The highest BCUT2D eigenvalue weighted by Gasteiger charge is 2.06. The summed E-state index contributed by atoms with van der Waals surface area (Å²) in [7, 11) is 0. The van der Waals surface area contributed by atoms with Gasteiger partial charge in [0, 0.05) is 18.5 Å². The summed E-state index contributed by atoms with van der Waals surface area (Å²) < 4.78 is 5.41. The minimum atomic E-state index is 0. The summed E-state index contributed by atoms with van der Waals surface area (Å²) in [4.78, 5) is 4.29. The molecule has 1 heterocycles. The SMILES string of the molecule is Br.c1ccc(C2=NCCCO2)cc1. The van der Waals surface area contributed by atoms with E-state index < -0.39 is 0 Å². The Hall–Kier alpha value is -0.830. The molecular formula is C10H12BrNO. The molecule has 2 nitrogen and oxygen atoms in total. The van der Waals surface area contributed by atoms with Gasteiger partial charge < -0.3 is 4.74 Å². The zero-order valence-corrected chi connectivity index (χ0v) is 8.98. The maximum Gasteiger partial charge on any atom is 0.216 e. The van der Waals surface area contributed by atoms with Gasteiger partial charge in [-0.3, -0.25) is 4.99 Å². The molecule has 0 fully saturated rings. The smallest absolute Gasteiger partial charge is 0.216 e. The Morgan fingerprint density at radius 3 is 2.54 bits per heavy atom. The van der Waals surface area contributed by atoms with Crippen LogP contribution in [0.5, 0.6) is 0 Å². The van der Waals surface area contributed by atoms with Crippen LogP contribution in [0.3, 0.4) is 0 Å². The highest BCUT2D eigenvalue weighted by Crippen LogP contribution is 2.06. The van der Waals surface area contributed by atoms with E-state index in [1.807, 2.05) is 30.3 Å². The molecule has 0 N–H and O–H groups in total. The average molecular weight is 242 g/mol.